The molecule has 1 unspecified atom stereocenters. The minimum Gasteiger partial charge on any atom is -0.478 e. The van der Waals surface area contributed by atoms with Crippen LogP contribution in [-0.4, -0.2) is 21.6 Å². The van der Waals surface area contributed by atoms with Gasteiger partial charge in [-0.2, -0.15) is 0 Å². The molecule has 0 radical (unpaired) electrons. The number of aromatic nitrogens is 1. The van der Waals surface area contributed by atoms with Crippen LogP contribution >= 0.6 is 11.6 Å². The molecule has 0 fully saturated rings. The number of hydrogen-bond acceptors (Lipinski definition) is 2. The first-order chi connectivity index (χ1) is 14.8. The predicted molar refractivity (Wildman–Crippen MR) is 123 cm³/mol. The Morgan fingerprint density at radius 3 is 2.61 bits per heavy atom. The Hall–Kier alpha value is -3.31. The maximum Gasteiger partial charge on any atom is 0.335 e. The van der Waals surface area contributed by atoms with Crippen LogP contribution in [0, 0.1) is 5.92 Å². The summed E-state index contributed by atoms with van der Waals surface area (Å²) in [5.41, 5.74) is 3.52. The second-order valence-corrected chi connectivity index (χ2v) is 8.33. The molecular weight excluding hydrogens is 412 g/mol. The highest BCUT2D eigenvalue weighted by Crippen LogP contribution is 2.31. The lowest BCUT2D eigenvalue weighted by molar-refractivity contribution is -0.117. The zero-order valence-corrected chi connectivity index (χ0v) is 18.1. The Labute approximate surface area is 185 Å². The van der Waals surface area contributed by atoms with Gasteiger partial charge in [-0.15, -0.1) is 0 Å². The molecule has 0 saturated carbocycles. The fraction of sp³-hybridized carbons (Fsp3) is 0.200. The molecule has 2 atom stereocenters. The van der Waals surface area contributed by atoms with E-state index in [0.29, 0.717) is 10.6 Å². The van der Waals surface area contributed by atoms with Gasteiger partial charge in [0.25, 0.3) is 5.91 Å². The van der Waals surface area contributed by atoms with Crippen LogP contribution in [0.3, 0.4) is 0 Å². The van der Waals surface area contributed by atoms with Crippen molar-refractivity contribution in [3.63, 3.8) is 0 Å². The molecule has 2 aromatic carbocycles. The largest absolute Gasteiger partial charge is 0.478 e. The van der Waals surface area contributed by atoms with E-state index >= 15 is 0 Å². The van der Waals surface area contributed by atoms with Gasteiger partial charge < -0.3 is 15.0 Å². The zero-order chi connectivity index (χ0) is 22.1. The summed E-state index contributed by atoms with van der Waals surface area (Å²) in [5, 5.41) is 13.8. The third-order valence-electron chi connectivity index (χ3n) is 5.57. The van der Waals surface area contributed by atoms with Crippen LogP contribution in [0.5, 0.6) is 0 Å². The molecule has 4 rings (SSSR count). The smallest absolute Gasteiger partial charge is 0.335 e. The van der Waals surface area contributed by atoms with E-state index in [9.17, 15) is 9.59 Å². The van der Waals surface area contributed by atoms with Crippen molar-refractivity contribution in [3.8, 4) is 0 Å². The van der Waals surface area contributed by atoms with Crippen molar-refractivity contribution in [1.29, 1.82) is 0 Å². The lowest BCUT2D eigenvalue weighted by Crippen LogP contribution is -2.30. The fourth-order valence-electron chi connectivity index (χ4n) is 3.86. The molecule has 0 aliphatic heterocycles. The summed E-state index contributed by atoms with van der Waals surface area (Å²) in [6.45, 7) is 3.97. The number of allylic oxidation sites excluding steroid dienone is 2. The van der Waals surface area contributed by atoms with Gasteiger partial charge >= 0.3 is 5.97 Å². The van der Waals surface area contributed by atoms with E-state index in [1.165, 1.54) is 0 Å². The Kier molecular flexibility index (Phi) is 5.70. The van der Waals surface area contributed by atoms with E-state index in [1.54, 1.807) is 24.3 Å². The summed E-state index contributed by atoms with van der Waals surface area (Å²) in [5.74, 6) is -0.881. The topological polar surface area (TPSA) is 71.3 Å². The van der Waals surface area contributed by atoms with Gasteiger partial charge in [0, 0.05) is 16.6 Å². The molecule has 1 aromatic heterocycles. The third-order valence-corrected chi connectivity index (χ3v) is 5.81. The Bertz CT molecular complexity index is 1220. The maximum atomic E-state index is 13.2. The fourth-order valence-corrected chi connectivity index (χ4v) is 4.04. The van der Waals surface area contributed by atoms with Gasteiger partial charge in [-0.25, -0.2) is 4.79 Å². The lowest BCUT2D eigenvalue weighted by Gasteiger charge is -2.23. The number of rotatable bonds is 5. The number of benzene rings is 2. The molecule has 3 aromatic rings. The average molecular weight is 435 g/mol. The minimum absolute atomic E-state index is 0.163. The van der Waals surface area contributed by atoms with Crippen LogP contribution in [0.4, 0.5) is 0 Å². The maximum absolute atomic E-state index is 13.2. The number of carbonyl (C=O) groups is 2. The number of nitrogens with one attached hydrogen (secondary N) is 1. The molecule has 1 amide bonds. The van der Waals surface area contributed by atoms with Crippen LogP contribution in [-0.2, 0) is 4.79 Å². The van der Waals surface area contributed by atoms with Gasteiger partial charge in [-0.05, 0) is 61.2 Å². The number of carbonyl (C=O) groups excluding carboxylic acids is 1. The summed E-state index contributed by atoms with van der Waals surface area (Å²) in [6.07, 6.45) is 6.91. The molecule has 1 aliphatic rings. The molecule has 31 heavy (non-hydrogen) atoms. The highest BCUT2D eigenvalue weighted by Gasteiger charge is 2.23. The van der Waals surface area contributed by atoms with Gasteiger partial charge in [0.1, 0.15) is 0 Å². The number of carboxylic acid groups (broad SMARTS) is 1. The van der Waals surface area contributed by atoms with E-state index in [4.69, 9.17) is 16.7 Å². The Morgan fingerprint density at radius 2 is 1.90 bits per heavy atom. The highest BCUT2D eigenvalue weighted by molar-refractivity contribution is 6.31. The number of hydrogen-bond donors (Lipinski definition) is 2. The molecule has 6 heteroatoms. The summed E-state index contributed by atoms with van der Waals surface area (Å²) in [6, 6.07) is 14.0. The number of aromatic carboxylic acids is 1. The molecule has 0 spiro atoms. The van der Waals surface area contributed by atoms with E-state index in [1.807, 2.05) is 48.0 Å². The number of carboxylic acids is 1. The normalized spacial score (nSPS) is 17.1. The molecular formula is C25H23ClN2O3. The van der Waals surface area contributed by atoms with E-state index in [2.05, 4.69) is 18.3 Å². The second kappa shape index (κ2) is 8.44. The first kappa shape index (κ1) is 20.9. The third kappa shape index (κ3) is 4.28. The van der Waals surface area contributed by atoms with Crippen LogP contribution in [0.1, 0.15) is 42.2 Å². The van der Waals surface area contributed by atoms with Crippen molar-refractivity contribution in [2.45, 2.75) is 26.3 Å². The van der Waals surface area contributed by atoms with Crippen molar-refractivity contribution in [1.82, 2.24) is 9.88 Å². The van der Waals surface area contributed by atoms with Gasteiger partial charge in [-0.1, -0.05) is 42.8 Å². The Morgan fingerprint density at radius 1 is 1.16 bits per heavy atom. The number of nitrogens with zero attached hydrogens (tertiary/aromatic N) is 1. The first-order valence-corrected chi connectivity index (χ1v) is 10.5. The van der Waals surface area contributed by atoms with Gasteiger partial charge in [-0.3, -0.25) is 4.79 Å². The zero-order valence-electron chi connectivity index (χ0n) is 17.3. The average Bonchev–Trinajstić information content (AvgIpc) is 3.16. The first-order valence-electron chi connectivity index (χ1n) is 10.2. The number of amides is 1. The molecule has 1 heterocycles. The van der Waals surface area contributed by atoms with Gasteiger partial charge in [0.2, 0.25) is 0 Å². The molecule has 0 bridgehead atoms. The van der Waals surface area contributed by atoms with Crippen molar-refractivity contribution < 1.29 is 14.7 Å². The summed E-state index contributed by atoms with van der Waals surface area (Å²) < 4.78 is 2.02. The van der Waals surface area contributed by atoms with Crippen LogP contribution < -0.4 is 5.32 Å². The summed E-state index contributed by atoms with van der Waals surface area (Å²) in [7, 11) is 0. The van der Waals surface area contributed by atoms with Crippen molar-refractivity contribution in [2.24, 2.45) is 5.92 Å². The molecule has 5 nitrogen and oxygen atoms in total. The van der Waals surface area contributed by atoms with Crippen LogP contribution in [0.25, 0.3) is 16.6 Å². The molecule has 0 saturated heterocycles. The van der Waals surface area contributed by atoms with Crippen molar-refractivity contribution >= 4 is 40.1 Å². The van der Waals surface area contributed by atoms with Crippen molar-refractivity contribution in [3.05, 3.63) is 88.6 Å². The summed E-state index contributed by atoms with van der Waals surface area (Å²) in [4.78, 5) is 24.3. The Balaban J connectivity index is 1.60. The van der Waals surface area contributed by atoms with Crippen LogP contribution in [0.2, 0.25) is 5.02 Å². The SMILES string of the molecule is CC1C=C(C(=O)N[C@@H](C)c2ccc(C(=O)O)cc2)C(n2ccc3cc(Cl)ccc32)=CC1. The van der Waals surface area contributed by atoms with Crippen molar-refractivity contribution in [2.75, 3.05) is 0 Å². The lowest BCUT2D eigenvalue weighted by atomic mass is 9.94. The van der Waals surface area contributed by atoms with Crippen LogP contribution in [0.15, 0.2) is 72.5 Å². The van der Waals surface area contributed by atoms with Gasteiger partial charge in [0.05, 0.1) is 28.4 Å². The minimum atomic E-state index is -0.973. The van der Waals surface area contributed by atoms with E-state index < -0.39 is 5.97 Å². The monoisotopic (exact) mass is 434 g/mol. The van der Waals surface area contributed by atoms with E-state index in [-0.39, 0.29) is 23.4 Å². The van der Waals surface area contributed by atoms with Gasteiger partial charge in [0.15, 0.2) is 0 Å². The predicted octanol–water partition coefficient (Wildman–Crippen LogP) is 5.68. The highest BCUT2D eigenvalue weighted by atomic mass is 35.5. The number of fused-ring (bicyclic) bond motifs is 1. The molecule has 158 valence electrons. The molecule has 1 aliphatic carbocycles. The quantitative estimate of drug-likeness (QED) is 0.542. The molecule has 2 N–H and O–H groups in total. The van der Waals surface area contributed by atoms with E-state index in [0.717, 1.165) is 28.6 Å². The number of halogens is 1. The second-order valence-electron chi connectivity index (χ2n) is 7.89. The standard InChI is InChI=1S/C25H23ClN2O3/c1-15-3-9-23(28-12-11-19-14-20(26)8-10-22(19)28)21(13-15)24(29)27-16(2)17-4-6-18(7-5-17)25(30)31/h4-16H,3H2,1-2H3,(H,27,29)(H,30,31)/t15?,16-/m0/s1. The summed E-state index contributed by atoms with van der Waals surface area (Å²) >= 11 is 6.12.